The SMILES string of the molecule is O=S(=O)(CCCNc1ncc(C(F)(F)F)s1)c1ccccc1. The Kier molecular flexibility index (Phi) is 5.07. The molecule has 1 aromatic heterocycles. The van der Waals surface area contributed by atoms with Crippen LogP contribution in [0, 0.1) is 0 Å². The highest BCUT2D eigenvalue weighted by molar-refractivity contribution is 7.91. The average molecular weight is 350 g/mol. The van der Waals surface area contributed by atoms with E-state index in [2.05, 4.69) is 10.3 Å². The molecule has 0 fully saturated rings. The summed E-state index contributed by atoms with van der Waals surface area (Å²) < 4.78 is 61.2. The van der Waals surface area contributed by atoms with Crippen molar-refractivity contribution in [1.82, 2.24) is 4.98 Å². The third-order valence-corrected chi connectivity index (χ3v) is 5.57. The van der Waals surface area contributed by atoms with E-state index in [4.69, 9.17) is 0 Å². The van der Waals surface area contributed by atoms with E-state index in [1.165, 1.54) is 12.1 Å². The molecule has 2 aromatic rings. The Bertz CT molecular complexity index is 712. The topological polar surface area (TPSA) is 59.1 Å². The number of nitrogens with one attached hydrogen (secondary N) is 1. The summed E-state index contributed by atoms with van der Waals surface area (Å²) in [5, 5.41) is 2.83. The van der Waals surface area contributed by atoms with E-state index in [1.54, 1.807) is 18.2 Å². The van der Waals surface area contributed by atoms with E-state index in [9.17, 15) is 21.6 Å². The standard InChI is InChI=1S/C13H13F3N2O2S2/c14-13(15,16)11-9-18-12(21-11)17-7-4-8-22(19,20)10-5-2-1-3-6-10/h1-3,5-6,9H,4,7-8H2,(H,17,18). The third-order valence-electron chi connectivity index (χ3n) is 2.75. The number of hydrogen-bond acceptors (Lipinski definition) is 5. The van der Waals surface area contributed by atoms with Crippen molar-refractivity contribution in [3.05, 3.63) is 41.4 Å². The van der Waals surface area contributed by atoms with Gasteiger partial charge in [0.05, 0.1) is 16.8 Å². The zero-order valence-corrected chi connectivity index (χ0v) is 12.9. The molecule has 0 saturated heterocycles. The van der Waals surface area contributed by atoms with Crippen molar-refractivity contribution >= 4 is 26.3 Å². The van der Waals surface area contributed by atoms with Gasteiger partial charge in [-0.2, -0.15) is 13.2 Å². The first-order valence-electron chi connectivity index (χ1n) is 6.34. The lowest BCUT2D eigenvalue weighted by molar-refractivity contribution is -0.134. The molecular formula is C13H13F3N2O2S2. The number of aromatic nitrogens is 1. The fraction of sp³-hybridized carbons (Fsp3) is 0.308. The lowest BCUT2D eigenvalue weighted by Gasteiger charge is -2.05. The first-order valence-corrected chi connectivity index (χ1v) is 8.80. The van der Waals surface area contributed by atoms with E-state index in [0.717, 1.165) is 6.20 Å². The Morgan fingerprint density at radius 2 is 1.86 bits per heavy atom. The van der Waals surface area contributed by atoms with Crippen LogP contribution in [0.5, 0.6) is 0 Å². The second kappa shape index (κ2) is 6.66. The Hall–Kier alpha value is -1.61. The molecule has 1 heterocycles. The first kappa shape index (κ1) is 16.8. The number of benzene rings is 1. The van der Waals surface area contributed by atoms with Crippen LogP contribution < -0.4 is 5.32 Å². The smallest absolute Gasteiger partial charge is 0.361 e. The largest absolute Gasteiger partial charge is 0.427 e. The molecule has 9 heteroatoms. The predicted octanol–water partition coefficient (Wildman–Crippen LogP) is 3.44. The molecule has 0 saturated carbocycles. The molecule has 0 atom stereocenters. The Balaban J connectivity index is 1.84. The third kappa shape index (κ3) is 4.44. The van der Waals surface area contributed by atoms with Gasteiger partial charge < -0.3 is 5.32 Å². The molecule has 120 valence electrons. The van der Waals surface area contributed by atoms with E-state index < -0.39 is 20.9 Å². The van der Waals surface area contributed by atoms with Crippen LogP contribution in [0.1, 0.15) is 11.3 Å². The number of nitrogens with zero attached hydrogens (tertiary/aromatic N) is 1. The molecule has 0 aliphatic heterocycles. The van der Waals surface area contributed by atoms with Gasteiger partial charge in [-0.3, -0.25) is 0 Å². The van der Waals surface area contributed by atoms with Crippen LogP contribution in [-0.2, 0) is 16.0 Å². The Morgan fingerprint density at radius 3 is 2.45 bits per heavy atom. The van der Waals surface area contributed by atoms with Crippen molar-refractivity contribution < 1.29 is 21.6 Å². The second-order valence-corrected chi connectivity index (χ2v) is 7.58. The Labute approximate surface area is 129 Å². The molecule has 0 spiro atoms. The van der Waals surface area contributed by atoms with E-state index in [-0.39, 0.29) is 28.7 Å². The second-order valence-electron chi connectivity index (χ2n) is 4.44. The zero-order chi connectivity index (χ0) is 16.2. The molecule has 0 unspecified atom stereocenters. The fourth-order valence-electron chi connectivity index (χ4n) is 1.69. The van der Waals surface area contributed by atoms with Crippen LogP contribution in [0.25, 0.3) is 0 Å². The summed E-state index contributed by atoms with van der Waals surface area (Å²) in [6.45, 7) is 0.233. The van der Waals surface area contributed by atoms with Crippen molar-refractivity contribution in [3.8, 4) is 0 Å². The van der Waals surface area contributed by atoms with Gasteiger partial charge >= 0.3 is 6.18 Å². The monoisotopic (exact) mass is 350 g/mol. The summed E-state index contributed by atoms with van der Waals surface area (Å²) >= 11 is 0.497. The van der Waals surface area contributed by atoms with Crippen molar-refractivity contribution in [1.29, 1.82) is 0 Å². The van der Waals surface area contributed by atoms with Gasteiger partial charge in [-0.25, -0.2) is 13.4 Å². The minimum Gasteiger partial charge on any atom is -0.361 e. The van der Waals surface area contributed by atoms with Crippen LogP contribution in [0.2, 0.25) is 0 Å². The maximum Gasteiger partial charge on any atom is 0.427 e. The van der Waals surface area contributed by atoms with Gasteiger partial charge in [0.1, 0.15) is 4.88 Å². The number of sulfone groups is 1. The van der Waals surface area contributed by atoms with E-state index >= 15 is 0 Å². The predicted molar refractivity (Wildman–Crippen MR) is 78.7 cm³/mol. The van der Waals surface area contributed by atoms with E-state index in [1.807, 2.05) is 0 Å². The molecule has 22 heavy (non-hydrogen) atoms. The van der Waals surface area contributed by atoms with Gasteiger partial charge in [-0.05, 0) is 18.6 Å². The molecule has 1 N–H and O–H groups in total. The van der Waals surface area contributed by atoms with Crippen molar-refractivity contribution in [3.63, 3.8) is 0 Å². The van der Waals surface area contributed by atoms with Crippen molar-refractivity contribution in [2.45, 2.75) is 17.5 Å². The zero-order valence-electron chi connectivity index (χ0n) is 11.3. The summed E-state index contributed by atoms with van der Waals surface area (Å²) in [7, 11) is -3.37. The minimum absolute atomic E-state index is 0.0818. The van der Waals surface area contributed by atoms with Gasteiger partial charge in [0.2, 0.25) is 0 Å². The number of hydrogen-bond donors (Lipinski definition) is 1. The maximum atomic E-state index is 12.4. The van der Waals surface area contributed by atoms with Gasteiger partial charge in [-0.1, -0.05) is 29.5 Å². The molecule has 0 aliphatic carbocycles. The summed E-state index contributed by atoms with van der Waals surface area (Å²) in [6.07, 6.45) is -3.37. The highest BCUT2D eigenvalue weighted by atomic mass is 32.2. The van der Waals surface area contributed by atoms with Crippen LogP contribution in [0.4, 0.5) is 18.3 Å². The highest BCUT2D eigenvalue weighted by Crippen LogP contribution is 2.34. The molecule has 1 aromatic carbocycles. The highest BCUT2D eigenvalue weighted by Gasteiger charge is 2.33. The van der Waals surface area contributed by atoms with Gasteiger partial charge in [0, 0.05) is 6.54 Å². The van der Waals surface area contributed by atoms with Crippen LogP contribution in [-0.4, -0.2) is 25.7 Å². The van der Waals surface area contributed by atoms with Gasteiger partial charge in [0.25, 0.3) is 0 Å². The molecule has 0 amide bonds. The summed E-state index contributed by atoms with van der Waals surface area (Å²) in [6, 6.07) is 8.03. The first-order chi connectivity index (χ1) is 10.3. The number of alkyl halides is 3. The van der Waals surface area contributed by atoms with Gasteiger partial charge in [0.15, 0.2) is 15.0 Å². The maximum absolute atomic E-state index is 12.4. The normalized spacial score (nSPS) is 12.3. The van der Waals surface area contributed by atoms with Crippen molar-refractivity contribution in [2.24, 2.45) is 0 Å². The number of thiazole rings is 1. The quantitative estimate of drug-likeness (QED) is 0.811. The number of halogens is 3. The molecule has 4 nitrogen and oxygen atoms in total. The lowest BCUT2D eigenvalue weighted by atomic mass is 10.4. The van der Waals surface area contributed by atoms with Crippen LogP contribution in [0.3, 0.4) is 0 Å². The lowest BCUT2D eigenvalue weighted by Crippen LogP contribution is -2.11. The molecule has 0 aliphatic rings. The minimum atomic E-state index is -4.41. The average Bonchev–Trinajstić information content (AvgIpc) is 2.94. The van der Waals surface area contributed by atoms with Crippen LogP contribution >= 0.6 is 11.3 Å². The molecular weight excluding hydrogens is 337 g/mol. The van der Waals surface area contributed by atoms with Crippen molar-refractivity contribution in [2.75, 3.05) is 17.6 Å². The molecule has 2 rings (SSSR count). The summed E-state index contributed by atoms with van der Waals surface area (Å²) in [5.74, 6) is -0.0818. The van der Waals surface area contributed by atoms with Crippen LogP contribution in [0.15, 0.2) is 41.4 Å². The summed E-state index contributed by atoms with van der Waals surface area (Å²) in [4.78, 5) is 3.07. The summed E-state index contributed by atoms with van der Waals surface area (Å²) in [5.41, 5.74) is 0. The Morgan fingerprint density at radius 1 is 1.18 bits per heavy atom. The molecule has 0 bridgehead atoms. The number of rotatable bonds is 6. The number of anilines is 1. The van der Waals surface area contributed by atoms with Gasteiger partial charge in [-0.15, -0.1) is 0 Å². The fourth-order valence-corrected chi connectivity index (χ4v) is 3.73. The molecule has 0 radical (unpaired) electrons. The van der Waals surface area contributed by atoms with E-state index in [0.29, 0.717) is 11.3 Å².